The van der Waals surface area contributed by atoms with Crippen molar-refractivity contribution >= 4 is 11.9 Å². The minimum absolute atomic E-state index is 0.442. The molecule has 2 rings (SSSR count). The molecule has 0 unspecified atom stereocenters. The van der Waals surface area contributed by atoms with Gasteiger partial charge in [0.1, 0.15) is 5.82 Å². The number of allylic oxidation sites excluding steroid dienone is 1. The molecule has 2 aromatic rings. The van der Waals surface area contributed by atoms with Crippen LogP contribution in [0.2, 0.25) is 0 Å². The fourth-order valence-corrected chi connectivity index (χ4v) is 1.61. The monoisotopic (exact) mass is 236 g/mol. The summed E-state index contributed by atoms with van der Waals surface area (Å²) in [5.41, 5.74) is 10.5. The summed E-state index contributed by atoms with van der Waals surface area (Å²) in [6.07, 6.45) is 6.38. The molecule has 1 aromatic heterocycles. The highest BCUT2D eigenvalue weighted by atomic mass is 15.2. The number of hydrogen-bond acceptors (Lipinski definition) is 2. The van der Waals surface area contributed by atoms with E-state index in [2.05, 4.69) is 15.0 Å². The molecule has 4 heteroatoms. The maximum atomic E-state index is 8.45. The Bertz CT molecular complexity index is 584. The number of pyridine rings is 1. The zero-order valence-corrected chi connectivity index (χ0v) is 9.77. The average molecular weight is 236 g/mol. The Hall–Kier alpha value is -2.58. The first-order chi connectivity index (χ1) is 8.90. The molecule has 0 saturated heterocycles. The number of azide groups is 1. The van der Waals surface area contributed by atoms with Gasteiger partial charge in [-0.3, -0.25) is 4.98 Å². The first-order valence-corrected chi connectivity index (χ1v) is 5.61. The molecule has 0 bridgehead atoms. The highest BCUT2D eigenvalue weighted by Gasteiger charge is 1.98. The molecular formula is C14H12N4. The minimum atomic E-state index is 0.442. The summed E-state index contributed by atoms with van der Waals surface area (Å²) in [7, 11) is 0. The predicted molar refractivity (Wildman–Crippen MR) is 72.2 cm³/mol. The van der Waals surface area contributed by atoms with Gasteiger partial charge in [0.2, 0.25) is 0 Å². The molecule has 0 fully saturated rings. The van der Waals surface area contributed by atoms with Crippen LogP contribution >= 0.6 is 0 Å². The standard InChI is InChI=1S/C14H12N4/c15-18-17-14-13(10-5-11-16-14)9-4-8-12-6-2-1-3-7-12/h1-8,10-11H,9H2. The third kappa shape index (κ3) is 3.20. The Labute approximate surface area is 105 Å². The molecule has 1 aromatic carbocycles. The van der Waals surface area contributed by atoms with Gasteiger partial charge in [0.25, 0.3) is 0 Å². The van der Waals surface area contributed by atoms with Gasteiger partial charge in [-0.05, 0) is 34.3 Å². The summed E-state index contributed by atoms with van der Waals surface area (Å²) in [6, 6.07) is 13.8. The van der Waals surface area contributed by atoms with Gasteiger partial charge < -0.3 is 0 Å². The first kappa shape index (κ1) is 11.9. The smallest absolute Gasteiger partial charge is 0.130 e. The molecule has 88 valence electrons. The summed E-state index contributed by atoms with van der Waals surface area (Å²) >= 11 is 0. The van der Waals surface area contributed by atoms with Crippen molar-refractivity contribution < 1.29 is 0 Å². The summed E-state index contributed by atoms with van der Waals surface area (Å²) in [5.74, 6) is 0.442. The summed E-state index contributed by atoms with van der Waals surface area (Å²) in [4.78, 5) is 6.81. The van der Waals surface area contributed by atoms with Crippen LogP contribution in [0.25, 0.3) is 16.5 Å². The van der Waals surface area contributed by atoms with Crippen LogP contribution in [-0.4, -0.2) is 4.98 Å². The predicted octanol–water partition coefficient (Wildman–Crippen LogP) is 4.28. The van der Waals surface area contributed by atoms with E-state index >= 15 is 0 Å². The van der Waals surface area contributed by atoms with Gasteiger partial charge in [-0.15, -0.1) is 0 Å². The maximum Gasteiger partial charge on any atom is 0.130 e. The molecule has 4 nitrogen and oxygen atoms in total. The molecule has 1 heterocycles. The van der Waals surface area contributed by atoms with E-state index in [-0.39, 0.29) is 0 Å². The summed E-state index contributed by atoms with van der Waals surface area (Å²) in [5, 5.41) is 3.57. The molecular weight excluding hydrogens is 224 g/mol. The second-order valence-electron chi connectivity index (χ2n) is 3.69. The lowest BCUT2D eigenvalue weighted by atomic mass is 10.1. The van der Waals surface area contributed by atoms with E-state index in [1.807, 2.05) is 54.6 Å². The van der Waals surface area contributed by atoms with E-state index in [4.69, 9.17) is 5.53 Å². The lowest BCUT2D eigenvalue weighted by Crippen LogP contribution is -1.84. The molecule has 18 heavy (non-hydrogen) atoms. The normalized spacial score (nSPS) is 10.2. The molecule has 0 aliphatic heterocycles. The van der Waals surface area contributed by atoms with Crippen molar-refractivity contribution in [2.75, 3.05) is 0 Å². The molecule has 0 amide bonds. The van der Waals surface area contributed by atoms with Crippen LogP contribution in [0.4, 0.5) is 5.82 Å². The third-order valence-electron chi connectivity index (χ3n) is 2.45. The Balaban J connectivity index is 2.11. The lowest BCUT2D eigenvalue weighted by Gasteiger charge is -1.99. The van der Waals surface area contributed by atoms with E-state index < -0.39 is 0 Å². The second-order valence-corrected chi connectivity index (χ2v) is 3.69. The van der Waals surface area contributed by atoms with E-state index in [1.54, 1.807) is 6.20 Å². The number of aromatic nitrogens is 1. The lowest BCUT2D eigenvalue weighted by molar-refractivity contribution is 1.16. The highest BCUT2D eigenvalue weighted by Crippen LogP contribution is 2.16. The Morgan fingerprint density at radius 1 is 1.17 bits per heavy atom. The molecule has 0 aliphatic rings. The second kappa shape index (κ2) is 6.23. The highest BCUT2D eigenvalue weighted by molar-refractivity contribution is 5.50. The van der Waals surface area contributed by atoms with Gasteiger partial charge in [-0.25, -0.2) is 0 Å². The van der Waals surface area contributed by atoms with Crippen molar-refractivity contribution in [3.8, 4) is 0 Å². The number of benzene rings is 1. The maximum absolute atomic E-state index is 8.45. The van der Waals surface area contributed by atoms with Gasteiger partial charge in [0.15, 0.2) is 0 Å². The van der Waals surface area contributed by atoms with Gasteiger partial charge in [0, 0.05) is 11.1 Å². The van der Waals surface area contributed by atoms with Crippen molar-refractivity contribution in [1.29, 1.82) is 0 Å². The zero-order valence-electron chi connectivity index (χ0n) is 9.77. The van der Waals surface area contributed by atoms with Crippen LogP contribution in [0.15, 0.2) is 59.9 Å². The Kier molecular flexibility index (Phi) is 4.11. The molecule has 0 N–H and O–H groups in total. The molecule has 0 saturated carbocycles. The number of rotatable bonds is 4. The fourth-order valence-electron chi connectivity index (χ4n) is 1.61. The SMILES string of the molecule is [N-]=[N+]=Nc1ncccc1CC=Cc1ccccc1. The van der Waals surface area contributed by atoms with Crippen LogP contribution in [0.1, 0.15) is 11.1 Å². The largest absolute Gasteiger partial charge is 0.254 e. The first-order valence-electron chi connectivity index (χ1n) is 5.61. The van der Waals surface area contributed by atoms with E-state index in [0.29, 0.717) is 12.2 Å². The average Bonchev–Trinajstić information content (AvgIpc) is 2.42. The van der Waals surface area contributed by atoms with Gasteiger partial charge in [0.05, 0.1) is 0 Å². The molecule has 0 spiro atoms. The quantitative estimate of drug-likeness (QED) is 0.444. The Morgan fingerprint density at radius 2 is 2.00 bits per heavy atom. The van der Waals surface area contributed by atoms with Crippen molar-refractivity contribution in [2.45, 2.75) is 6.42 Å². The summed E-state index contributed by atoms with van der Waals surface area (Å²) < 4.78 is 0. The number of hydrogen-bond donors (Lipinski definition) is 0. The van der Waals surface area contributed by atoms with E-state index in [0.717, 1.165) is 11.1 Å². The zero-order chi connectivity index (χ0) is 12.6. The molecule has 0 atom stereocenters. The Morgan fingerprint density at radius 3 is 2.78 bits per heavy atom. The minimum Gasteiger partial charge on any atom is -0.254 e. The van der Waals surface area contributed by atoms with E-state index in [9.17, 15) is 0 Å². The summed E-state index contributed by atoms with van der Waals surface area (Å²) in [6.45, 7) is 0. The van der Waals surface area contributed by atoms with Crippen LogP contribution in [0.5, 0.6) is 0 Å². The topological polar surface area (TPSA) is 61.7 Å². The van der Waals surface area contributed by atoms with Gasteiger partial charge >= 0.3 is 0 Å². The van der Waals surface area contributed by atoms with Crippen LogP contribution < -0.4 is 0 Å². The van der Waals surface area contributed by atoms with Crippen LogP contribution in [-0.2, 0) is 6.42 Å². The third-order valence-corrected chi connectivity index (χ3v) is 2.45. The fraction of sp³-hybridized carbons (Fsp3) is 0.0714. The van der Waals surface area contributed by atoms with Crippen LogP contribution in [0, 0.1) is 0 Å². The van der Waals surface area contributed by atoms with Crippen molar-refractivity contribution in [1.82, 2.24) is 4.98 Å². The molecule has 0 radical (unpaired) electrons. The van der Waals surface area contributed by atoms with Gasteiger partial charge in [-0.1, -0.05) is 48.6 Å². The number of nitrogens with zero attached hydrogens (tertiary/aromatic N) is 4. The van der Waals surface area contributed by atoms with Crippen molar-refractivity contribution in [3.63, 3.8) is 0 Å². The molecule has 0 aliphatic carbocycles. The van der Waals surface area contributed by atoms with Crippen molar-refractivity contribution in [2.24, 2.45) is 5.11 Å². The van der Waals surface area contributed by atoms with Gasteiger partial charge in [-0.2, -0.15) is 0 Å². The van der Waals surface area contributed by atoms with Crippen molar-refractivity contribution in [3.05, 3.63) is 76.3 Å². The van der Waals surface area contributed by atoms with E-state index in [1.165, 1.54) is 0 Å². The van der Waals surface area contributed by atoms with Crippen LogP contribution in [0.3, 0.4) is 0 Å².